The van der Waals surface area contributed by atoms with E-state index in [4.69, 9.17) is 44.9 Å². The Hall–Kier alpha value is 0.0400. The van der Waals surface area contributed by atoms with Crippen molar-refractivity contribution in [1.29, 1.82) is 5.41 Å². The summed E-state index contributed by atoms with van der Waals surface area (Å²) in [7, 11) is 0. The van der Waals surface area contributed by atoms with Crippen LogP contribution in [0.5, 0.6) is 0 Å². The molecule has 6 heteroatoms. The third-order valence-corrected chi connectivity index (χ3v) is 3.35. The Morgan fingerprint density at radius 2 is 1.72 bits per heavy atom. The van der Waals surface area contributed by atoms with E-state index in [1.165, 1.54) is 0 Å². The van der Waals surface area contributed by atoms with Crippen LogP contribution >= 0.6 is 50.7 Å². The van der Waals surface area contributed by atoms with Gasteiger partial charge >= 0.3 is 0 Å². The monoisotopic (exact) mass is 371 g/mol. The molecule has 0 amide bonds. The Kier molecular flexibility index (Phi) is 5.78. The van der Waals surface area contributed by atoms with Gasteiger partial charge in [-0.3, -0.25) is 5.41 Å². The van der Waals surface area contributed by atoms with Crippen LogP contribution in [0.2, 0.25) is 0 Å². The quantitative estimate of drug-likeness (QED) is 0.423. The number of alkyl halides is 3. The molecule has 1 N–H and O–H groups in total. The number of ether oxygens (including phenoxy) is 1. The van der Waals surface area contributed by atoms with Crippen LogP contribution in [0.25, 0.3) is 0 Å². The molecule has 0 aliphatic carbocycles. The molecule has 0 radical (unpaired) electrons. The zero-order valence-corrected chi connectivity index (χ0v) is 13.7. The van der Waals surface area contributed by atoms with Gasteiger partial charge in [0.1, 0.15) is 6.10 Å². The summed E-state index contributed by atoms with van der Waals surface area (Å²) < 4.78 is 4.62. The highest BCUT2D eigenvalue weighted by molar-refractivity contribution is 9.10. The number of rotatable bonds is 3. The highest BCUT2D eigenvalue weighted by Crippen LogP contribution is 2.33. The molecule has 0 fully saturated rings. The smallest absolute Gasteiger partial charge is 0.265 e. The van der Waals surface area contributed by atoms with Gasteiger partial charge in [0.05, 0.1) is 0 Å². The van der Waals surface area contributed by atoms with Crippen LogP contribution in [0.1, 0.15) is 25.5 Å². The van der Waals surface area contributed by atoms with Gasteiger partial charge in [0, 0.05) is 4.47 Å². The Morgan fingerprint density at radius 3 is 2.11 bits per heavy atom. The number of benzene rings is 1. The molecule has 0 saturated heterocycles. The number of nitrogens with one attached hydrogen (secondary N) is 1. The van der Waals surface area contributed by atoms with E-state index in [2.05, 4.69) is 15.9 Å². The topological polar surface area (TPSA) is 33.1 Å². The van der Waals surface area contributed by atoms with Crippen LogP contribution in [0.3, 0.4) is 0 Å². The Bertz CT molecular complexity index is 414. The second-order valence-corrected chi connectivity index (χ2v) is 7.36. The van der Waals surface area contributed by atoms with Gasteiger partial charge in [-0.25, -0.2) is 0 Å². The molecule has 0 bridgehead atoms. The lowest BCUT2D eigenvalue weighted by Gasteiger charge is -2.25. The zero-order chi connectivity index (χ0) is 13.9. The summed E-state index contributed by atoms with van der Waals surface area (Å²) in [6.07, 6.45) is -0.318. The first-order valence-electron chi connectivity index (χ1n) is 5.29. The van der Waals surface area contributed by atoms with Crippen LogP contribution < -0.4 is 0 Å². The number of hydrogen-bond acceptors (Lipinski definition) is 2. The second kappa shape index (κ2) is 6.47. The van der Waals surface area contributed by atoms with Gasteiger partial charge in [-0.1, -0.05) is 76.7 Å². The first-order valence-corrected chi connectivity index (χ1v) is 7.22. The molecular weight excluding hydrogens is 360 g/mol. The molecule has 0 aliphatic heterocycles. The maximum atomic E-state index is 7.63. The summed E-state index contributed by atoms with van der Waals surface area (Å²) >= 11 is 20.2. The maximum absolute atomic E-state index is 7.63. The SMILES string of the molecule is CC(C)C(OC(=N)C(Cl)(Cl)Cl)c1ccc(Br)cc1. The van der Waals surface area contributed by atoms with Crippen molar-refractivity contribution in [2.75, 3.05) is 0 Å². The lowest BCUT2D eigenvalue weighted by molar-refractivity contribution is 0.136. The van der Waals surface area contributed by atoms with Gasteiger partial charge < -0.3 is 4.74 Å². The average Bonchev–Trinajstić information content (AvgIpc) is 2.25. The fourth-order valence-electron chi connectivity index (χ4n) is 1.44. The molecule has 0 spiro atoms. The van der Waals surface area contributed by atoms with E-state index >= 15 is 0 Å². The fourth-order valence-corrected chi connectivity index (χ4v) is 1.83. The first-order chi connectivity index (χ1) is 8.21. The van der Waals surface area contributed by atoms with Gasteiger partial charge in [0.25, 0.3) is 3.79 Å². The Balaban J connectivity index is 2.91. The predicted octanol–water partition coefficient (Wildman–Crippen LogP) is 5.51. The molecule has 100 valence electrons. The minimum Gasteiger partial charge on any atom is -0.470 e. The van der Waals surface area contributed by atoms with Gasteiger partial charge in [-0.2, -0.15) is 0 Å². The lowest BCUT2D eigenvalue weighted by Crippen LogP contribution is -2.25. The molecule has 2 nitrogen and oxygen atoms in total. The molecule has 0 saturated carbocycles. The molecule has 0 heterocycles. The minimum atomic E-state index is -1.83. The highest BCUT2D eigenvalue weighted by Gasteiger charge is 2.32. The van der Waals surface area contributed by atoms with E-state index in [-0.39, 0.29) is 17.9 Å². The molecule has 18 heavy (non-hydrogen) atoms. The van der Waals surface area contributed by atoms with Crippen molar-refractivity contribution in [3.05, 3.63) is 34.3 Å². The average molecular weight is 374 g/mol. The number of halogens is 4. The van der Waals surface area contributed by atoms with E-state index in [1.54, 1.807) is 0 Å². The molecular formula is C12H13BrCl3NO. The van der Waals surface area contributed by atoms with Crippen molar-refractivity contribution in [1.82, 2.24) is 0 Å². The Labute approximate surface area is 130 Å². The maximum Gasteiger partial charge on any atom is 0.265 e. The van der Waals surface area contributed by atoms with Crippen LogP contribution in [0.4, 0.5) is 0 Å². The lowest BCUT2D eigenvalue weighted by atomic mass is 9.99. The van der Waals surface area contributed by atoms with E-state index in [0.717, 1.165) is 10.0 Å². The second-order valence-electron chi connectivity index (χ2n) is 4.16. The molecule has 0 aromatic heterocycles. The largest absolute Gasteiger partial charge is 0.470 e. The third-order valence-electron chi connectivity index (χ3n) is 2.31. The summed E-state index contributed by atoms with van der Waals surface area (Å²) in [6.45, 7) is 3.97. The summed E-state index contributed by atoms with van der Waals surface area (Å²) in [4.78, 5) is 0. The van der Waals surface area contributed by atoms with E-state index in [0.29, 0.717) is 0 Å². The normalized spacial score (nSPS) is 13.5. The van der Waals surface area contributed by atoms with Crippen molar-refractivity contribution < 1.29 is 4.74 Å². The zero-order valence-electron chi connectivity index (χ0n) is 9.88. The fraction of sp³-hybridized carbons (Fsp3) is 0.417. The van der Waals surface area contributed by atoms with Gasteiger partial charge in [0.2, 0.25) is 5.90 Å². The summed E-state index contributed by atoms with van der Waals surface area (Å²) in [5.74, 6) is -0.215. The van der Waals surface area contributed by atoms with Crippen molar-refractivity contribution in [2.45, 2.75) is 23.7 Å². The summed E-state index contributed by atoms with van der Waals surface area (Å²) in [5, 5.41) is 7.63. The van der Waals surface area contributed by atoms with E-state index < -0.39 is 3.79 Å². The van der Waals surface area contributed by atoms with Crippen LogP contribution in [0.15, 0.2) is 28.7 Å². The summed E-state index contributed by atoms with van der Waals surface area (Å²) in [5.41, 5.74) is 0.937. The predicted molar refractivity (Wildman–Crippen MR) is 80.8 cm³/mol. The summed E-state index contributed by atoms with van der Waals surface area (Å²) in [6, 6.07) is 7.65. The third kappa shape index (κ3) is 4.61. The van der Waals surface area contributed by atoms with Crippen LogP contribution in [-0.4, -0.2) is 9.69 Å². The molecule has 1 aromatic carbocycles. The van der Waals surface area contributed by atoms with Gasteiger partial charge in [-0.15, -0.1) is 0 Å². The standard InChI is InChI=1S/C12H13BrCl3NO/c1-7(2)10(18-11(17)12(14,15)16)8-3-5-9(13)6-4-8/h3-7,10,17H,1-2H3. The first kappa shape index (κ1) is 16.1. The molecule has 1 aromatic rings. The van der Waals surface area contributed by atoms with Crippen molar-refractivity contribution in [2.24, 2.45) is 5.92 Å². The molecule has 1 atom stereocenters. The van der Waals surface area contributed by atoms with Crippen LogP contribution in [-0.2, 0) is 4.74 Å². The van der Waals surface area contributed by atoms with Crippen LogP contribution in [0, 0.1) is 11.3 Å². The van der Waals surface area contributed by atoms with E-state index in [1.807, 2.05) is 38.1 Å². The number of hydrogen-bond donors (Lipinski definition) is 1. The van der Waals surface area contributed by atoms with Gasteiger partial charge in [0.15, 0.2) is 0 Å². The van der Waals surface area contributed by atoms with Crippen molar-refractivity contribution >= 4 is 56.6 Å². The van der Waals surface area contributed by atoms with Gasteiger partial charge in [-0.05, 0) is 23.6 Å². The Morgan fingerprint density at radius 1 is 1.22 bits per heavy atom. The van der Waals surface area contributed by atoms with Crippen molar-refractivity contribution in [3.8, 4) is 0 Å². The molecule has 1 rings (SSSR count). The molecule has 1 unspecified atom stereocenters. The van der Waals surface area contributed by atoms with E-state index in [9.17, 15) is 0 Å². The van der Waals surface area contributed by atoms with Crippen molar-refractivity contribution in [3.63, 3.8) is 0 Å². The highest BCUT2D eigenvalue weighted by atomic mass is 79.9. The minimum absolute atomic E-state index is 0.152. The molecule has 0 aliphatic rings.